The Morgan fingerprint density at radius 3 is 2.70 bits per heavy atom. The molecule has 0 aliphatic rings. The number of hydrogen-bond acceptors (Lipinski definition) is 7. The van der Waals surface area contributed by atoms with Gasteiger partial charge < -0.3 is 0 Å². The fourth-order valence-electron chi connectivity index (χ4n) is 2.71. The number of nitrogens with one attached hydrogen (secondary N) is 1. The number of benzene rings is 2. The summed E-state index contributed by atoms with van der Waals surface area (Å²) in [6.45, 7) is 1.68. The van der Waals surface area contributed by atoms with Crippen LogP contribution in [0.4, 0.5) is 17.1 Å². The number of aromatic nitrogens is 3. The Morgan fingerprint density at radius 1 is 1.20 bits per heavy atom. The number of nitrogens with zero attached hydrogens (tertiary/aromatic N) is 5. The van der Waals surface area contributed by atoms with Crippen molar-refractivity contribution in [2.45, 2.75) is 6.92 Å². The van der Waals surface area contributed by atoms with Crippen molar-refractivity contribution in [3.05, 3.63) is 85.1 Å². The average molecular weight is 441 g/mol. The molecule has 30 heavy (non-hydrogen) atoms. The predicted molar refractivity (Wildman–Crippen MR) is 115 cm³/mol. The number of nitro groups is 1. The molecule has 0 aliphatic heterocycles. The summed E-state index contributed by atoms with van der Waals surface area (Å²) in [4.78, 5) is 27.7. The second-order valence-electron chi connectivity index (χ2n) is 6.20. The van der Waals surface area contributed by atoms with Gasteiger partial charge in [0.05, 0.1) is 22.0 Å². The molecule has 0 spiro atoms. The van der Waals surface area contributed by atoms with E-state index in [9.17, 15) is 14.9 Å². The summed E-state index contributed by atoms with van der Waals surface area (Å²) in [6.07, 6.45) is 0. The monoisotopic (exact) mass is 440 g/mol. The standard InChI is InChI=1S/C19H13ClN6O3S/c1-11-17(23-22-13-7-8-14(20)16(9-13)26(28)29)18(27)25(24-11)19-21-15(10-30-19)12-5-3-2-4-6-12/h2-10,24H,1H3. The van der Waals surface area contributed by atoms with Crippen molar-refractivity contribution in [1.82, 2.24) is 14.8 Å². The van der Waals surface area contributed by atoms with Crippen LogP contribution in [0.5, 0.6) is 0 Å². The lowest BCUT2D eigenvalue weighted by molar-refractivity contribution is -0.384. The Kier molecular flexibility index (Phi) is 5.25. The number of hydrogen-bond donors (Lipinski definition) is 1. The van der Waals surface area contributed by atoms with Crippen molar-refractivity contribution in [3.8, 4) is 16.4 Å². The summed E-state index contributed by atoms with van der Waals surface area (Å²) in [5, 5.41) is 24.2. The molecule has 0 fully saturated rings. The number of halogens is 1. The Hall–Kier alpha value is -3.63. The first-order chi connectivity index (χ1) is 14.4. The molecular formula is C19H13ClN6O3S. The van der Waals surface area contributed by atoms with Crippen LogP contribution in [0.1, 0.15) is 5.69 Å². The molecular weight excluding hydrogens is 428 g/mol. The number of azo groups is 1. The van der Waals surface area contributed by atoms with E-state index in [1.54, 1.807) is 6.92 Å². The van der Waals surface area contributed by atoms with Crippen molar-refractivity contribution in [2.75, 3.05) is 0 Å². The minimum absolute atomic E-state index is 0.00267. The molecule has 2 aromatic heterocycles. The molecule has 4 aromatic rings. The van der Waals surface area contributed by atoms with E-state index in [-0.39, 0.29) is 22.1 Å². The molecule has 0 aliphatic carbocycles. The second-order valence-corrected chi connectivity index (χ2v) is 7.44. The quantitative estimate of drug-likeness (QED) is 0.247. The van der Waals surface area contributed by atoms with Crippen LogP contribution in [0.15, 0.2) is 68.9 Å². The fourth-order valence-corrected chi connectivity index (χ4v) is 3.69. The van der Waals surface area contributed by atoms with Crippen LogP contribution < -0.4 is 5.56 Å². The molecule has 150 valence electrons. The highest BCUT2D eigenvalue weighted by Gasteiger charge is 2.16. The highest BCUT2D eigenvalue weighted by atomic mass is 35.5. The minimum atomic E-state index is -0.608. The lowest BCUT2D eigenvalue weighted by Crippen LogP contribution is -2.13. The summed E-state index contributed by atoms with van der Waals surface area (Å²) < 4.78 is 1.30. The van der Waals surface area contributed by atoms with Gasteiger partial charge in [-0.15, -0.1) is 16.5 Å². The third kappa shape index (κ3) is 3.78. The van der Waals surface area contributed by atoms with Crippen LogP contribution in [0.3, 0.4) is 0 Å². The first kappa shape index (κ1) is 19.7. The number of aryl methyl sites for hydroxylation is 1. The Bertz CT molecular complexity index is 1330. The lowest BCUT2D eigenvalue weighted by atomic mass is 10.2. The summed E-state index contributed by atoms with van der Waals surface area (Å²) in [5.74, 6) is 0. The maximum Gasteiger partial charge on any atom is 0.301 e. The van der Waals surface area contributed by atoms with Gasteiger partial charge in [0.25, 0.3) is 5.69 Å². The molecule has 9 nitrogen and oxygen atoms in total. The van der Waals surface area contributed by atoms with Crippen molar-refractivity contribution < 1.29 is 4.92 Å². The van der Waals surface area contributed by atoms with Gasteiger partial charge >= 0.3 is 5.56 Å². The normalized spacial score (nSPS) is 11.3. The van der Waals surface area contributed by atoms with Gasteiger partial charge in [0, 0.05) is 17.0 Å². The zero-order valence-corrected chi connectivity index (χ0v) is 17.0. The second kappa shape index (κ2) is 8.01. The van der Waals surface area contributed by atoms with Crippen LogP contribution in [-0.4, -0.2) is 19.7 Å². The van der Waals surface area contributed by atoms with Crippen LogP contribution in [0.25, 0.3) is 16.4 Å². The highest BCUT2D eigenvalue weighted by Crippen LogP contribution is 2.30. The Labute approximate surface area is 178 Å². The molecule has 0 radical (unpaired) electrons. The van der Waals surface area contributed by atoms with E-state index in [1.807, 2.05) is 35.7 Å². The van der Waals surface area contributed by atoms with E-state index in [4.69, 9.17) is 11.6 Å². The van der Waals surface area contributed by atoms with Gasteiger partial charge in [-0.3, -0.25) is 20.0 Å². The summed E-state index contributed by atoms with van der Waals surface area (Å²) >= 11 is 7.11. The Morgan fingerprint density at radius 2 is 1.97 bits per heavy atom. The summed E-state index contributed by atoms with van der Waals surface area (Å²) in [7, 11) is 0. The molecule has 0 saturated carbocycles. The van der Waals surface area contributed by atoms with Gasteiger partial charge in [0.15, 0.2) is 5.69 Å². The van der Waals surface area contributed by atoms with Gasteiger partial charge in [0.2, 0.25) is 5.13 Å². The number of aromatic amines is 1. The van der Waals surface area contributed by atoms with E-state index in [1.165, 1.54) is 34.2 Å². The van der Waals surface area contributed by atoms with Crippen molar-refractivity contribution in [2.24, 2.45) is 10.2 Å². The maximum absolute atomic E-state index is 12.8. The molecule has 0 bridgehead atoms. The largest absolute Gasteiger partial charge is 0.301 e. The molecule has 0 saturated heterocycles. The average Bonchev–Trinajstić information content (AvgIpc) is 3.33. The van der Waals surface area contributed by atoms with E-state index in [0.717, 1.165) is 11.3 Å². The van der Waals surface area contributed by atoms with Crippen LogP contribution in [0, 0.1) is 17.0 Å². The molecule has 0 amide bonds. The third-order valence-corrected chi connectivity index (χ3v) is 5.33. The number of thiazole rings is 1. The fraction of sp³-hybridized carbons (Fsp3) is 0.0526. The molecule has 2 heterocycles. The van der Waals surface area contributed by atoms with Crippen molar-refractivity contribution in [1.29, 1.82) is 0 Å². The first-order valence-corrected chi connectivity index (χ1v) is 9.88. The number of H-pyrrole nitrogens is 1. The first-order valence-electron chi connectivity index (χ1n) is 8.62. The molecule has 4 rings (SSSR count). The molecule has 1 N–H and O–H groups in total. The van der Waals surface area contributed by atoms with E-state index in [2.05, 4.69) is 20.3 Å². The van der Waals surface area contributed by atoms with Gasteiger partial charge in [-0.05, 0) is 19.1 Å². The van der Waals surface area contributed by atoms with Crippen LogP contribution in [0.2, 0.25) is 5.02 Å². The van der Waals surface area contributed by atoms with E-state index < -0.39 is 10.5 Å². The SMILES string of the molecule is Cc1[nH]n(-c2nc(-c3ccccc3)cs2)c(=O)c1N=Nc1ccc(Cl)c([N+](=O)[O-])c1. The van der Waals surface area contributed by atoms with Gasteiger partial charge in [0.1, 0.15) is 5.02 Å². The molecule has 0 atom stereocenters. The Balaban J connectivity index is 1.66. The van der Waals surface area contributed by atoms with Crippen LogP contribution >= 0.6 is 22.9 Å². The lowest BCUT2D eigenvalue weighted by Gasteiger charge is -1.96. The minimum Gasteiger partial charge on any atom is -0.291 e. The maximum atomic E-state index is 12.8. The molecule has 2 aromatic carbocycles. The van der Waals surface area contributed by atoms with E-state index in [0.29, 0.717) is 10.8 Å². The van der Waals surface area contributed by atoms with Gasteiger partial charge in [-0.25, -0.2) is 4.98 Å². The topological polar surface area (TPSA) is 119 Å². The van der Waals surface area contributed by atoms with Gasteiger partial charge in [-0.1, -0.05) is 41.9 Å². The van der Waals surface area contributed by atoms with Crippen molar-refractivity contribution >= 4 is 40.0 Å². The molecule has 11 heteroatoms. The predicted octanol–water partition coefficient (Wildman–Crippen LogP) is 5.57. The zero-order chi connectivity index (χ0) is 21.3. The zero-order valence-electron chi connectivity index (χ0n) is 15.4. The summed E-state index contributed by atoms with van der Waals surface area (Å²) in [6, 6.07) is 13.7. The number of nitro benzene ring substituents is 1. The molecule has 0 unspecified atom stereocenters. The third-order valence-electron chi connectivity index (χ3n) is 4.19. The summed E-state index contributed by atoms with van der Waals surface area (Å²) in [5.41, 5.74) is 1.78. The number of rotatable bonds is 5. The van der Waals surface area contributed by atoms with E-state index >= 15 is 0 Å². The van der Waals surface area contributed by atoms with Gasteiger partial charge in [-0.2, -0.15) is 9.80 Å². The van der Waals surface area contributed by atoms with Crippen molar-refractivity contribution in [3.63, 3.8) is 0 Å². The highest BCUT2D eigenvalue weighted by molar-refractivity contribution is 7.12. The van der Waals surface area contributed by atoms with Crippen LogP contribution in [-0.2, 0) is 0 Å². The smallest absolute Gasteiger partial charge is 0.291 e.